The Morgan fingerprint density at radius 2 is 1.90 bits per heavy atom. The molecule has 2 aromatic carbocycles. The van der Waals surface area contributed by atoms with Gasteiger partial charge >= 0.3 is 12.1 Å². The van der Waals surface area contributed by atoms with Gasteiger partial charge in [-0.3, -0.25) is 4.79 Å². The minimum absolute atomic E-state index is 0.0532. The summed E-state index contributed by atoms with van der Waals surface area (Å²) in [7, 11) is 0. The van der Waals surface area contributed by atoms with Gasteiger partial charge in [0.2, 0.25) is 0 Å². The van der Waals surface area contributed by atoms with E-state index in [2.05, 4.69) is 0 Å². The smallest absolute Gasteiger partial charge is 0.416 e. The number of hydrogen-bond donors (Lipinski definition) is 1. The van der Waals surface area contributed by atoms with E-state index in [0.717, 1.165) is 22.8 Å². The zero-order valence-electron chi connectivity index (χ0n) is 15.7. The Kier molecular flexibility index (Phi) is 6.59. The van der Waals surface area contributed by atoms with Crippen LogP contribution in [0.3, 0.4) is 0 Å². The summed E-state index contributed by atoms with van der Waals surface area (Å²) in [5.41, 5.74) is 2.07. The molecule has 0 spiro atoms. The normalized spacial score (nSPS) is 14.7. The van der Waals surface area contributed by atoms with Crippen LogP contribution in [0, 0.1) is 0 Å². The molecule has 1 aliphatic heterocycles. The average Bonchev–Trinajstić information content (AvgIpc) is 2.71. The van der Waals surface area contributed by atoms with Crippen molar-refractivity contribution in [3.63, 3.8) is 0 Å². The zero-order valence-corrected chi connectivity index (χ0v) is 15.7. The van der Waals surface area contributed by atoms with Crippen molar-refractivity contribution in [2.24, 2.45) is 0 Å². The fraction of sp³-hybridized carbons (Fsp3) is 0.318. The first kappa shape index (κ1) is 20.9. The van der Waals surface area contributed by atoms with Gasteiger partial charge in [-0.05, 0) is 47.2 Å². The van der Waals surface area contributed by atoms with Crippen molar-refractivity contribution in [2.45, 2.75) is 25.4 Å². The Hall–Kier alpha value is -2.80. The van der Waals surface area contributed by atoms with Gasteiger partial charge in [0.05, 0.1) is 18.8 Å². The summed E-state index contributed by atoms with van der Waals surface area (Å²) in [6.45, 7) is 1.14. The Bertz CT molecular complexity index is 889. The Balaban J connectivity index is 1.80. The lowest BCUT2D eigenvalue weighted by Crippen LogP contribution is -2.16. The number of carbonyl (C=O) groups is 1. The van der Waals surface area contributed by atoms with Crippen molar-refractivity contribution >= 4 is 11.5 Å². The Labute approximate surface area is 166 Å². The van der Waals surface area contributed by atoms with Gasteiger partial charge in [0.25, 0.3) is 0 Å². The second-order valence-electron chi connectivity index (χ2n) is 6.75. The summed E-state index contributed by atoms with van der Waals surface area (Å²) < 4.78 is 51.4. The highest BCUT2D eigenvalue weighted by molar-refractivity contribution is 5.70. The van der Waals surface area contributed by atoms with Crippen LogP contribution >= 0.6 is 0 Å². The highest BCUT2D eigenvalue weighted by atomic mass is 19.4. The number of carboxylic acid groups (broad SMARTS) is 1. The lowest BCUT2D eigenvalue weighted by molar-refractivity contribution is -0.140. The number of hydrogen-bond acceptors (Lipinski definition) is 3. The van der Waals surface area contributed by atoms with Gasteiger partial charge in [-0.2, -0.15) is 13.2 Å². The van der Waals surface area contributed by atoms with E-state index in [9.17, 15) is 18.0 Å². The third kappa shape index (κ3) is 5.60. The van der Waals surface area contributed by atoms with E-state index in [-0.39, 0.29) is 30.8 Å². The molecule has 0 aliphatic carbocycles. The number of ether oxygens (including phenoxy) is 2. The van der Waals surface area contributed by atoms with Gasteiger partial charge in [0, 0.05) is 6.42 Å². The van der Waals surface area contributed by atoms with Gasteiger partial charge in [-0.15, -0.1) is 0 Å². The van der Waals surface area contributed by atoms with Crippen LogP contribution < -0.4 is 4.74 Å². The molecular formula is C22H21F3O4. The molecule has 0 aromatic heterocycles. The molecule has 0 saturated heterocycles. The molecular weight excluding hydrogens is 385 g/mol. The van der Waals surface area contributed by atoms with Gasteiger partial charge < -0.3 is 14.6 Å². The van der Waals surface area contributed by atoms with E-state index in [4.69, 9.17) is 14.6 Å². The van der Waals surface area contributed by atoms with Gasteiger partial charge in [-0.1, -0.05) is 36.4 Å². The lowest BCUT2D eigenvalue weighted by Gasteiger charge is -2.22. The molecule has 0 amide bonds. The third-order valence-corrected chi connectivity index (χ3v) is 4.75. The second-order valence-corrected chi connectivity index (χ2v) is 6.75. The first-order valence-electron chi connectivity index (χ1n) is 9.23. The molecule has 1 N–H and O–H groups in total. The summed E-state index contributed by atoms with van der Waals surface area (Å²) in [5.74, 6) is -1.04. The van der Waals surface area contributed by atoms with E-state index < -0.39 is 17.7 Å². The van der Waals surface area contributed by atoms with E-state index in [0.29, 0.717) is 19.6 Å². The fourth-order valence-corrected chi connectivity index (χ4v) is 3.25. The quantitative estimate of drug-likeness (QED) is 0.705. The number of benzene rings is 2. The molecule has 0 saturated carbocycles. The molecule has 0 atom stereocenters. The van der Waals surface area contributed by atoms with Crippen molar-refractivity contribution < 1.29 is 32.5 Å². The van der Waals surface area contributed by atoms with E-state index in [1.165, 1.54) is 12.1 Å². The predicted octanol–water partition coefficient (Wildman–Crippen LogP) is 4.98. The first-order chi connectivity index (χ1) is 13.8. The van der Waals surface area contributed by atoms with Crippen LogP contribution in [0.2, 0.25) is 0 Å². The monoisotopic (exact) mass is 406 g/mol. The van der Waals surface area contributed by atoms with Crippen LogP contribution in [0.15, 0.2) is 54.1 Å². The summed E-state index contributed by atoms with van der Waals surface area (Å²) in [6, 6.07) is 13.4. The van der Waals surface area contributed by atoms with Gasteiger partial charge in [-0.25, -0.2) is 0 Å². The maximum Gasteiger partial charge on any atom is 0.416 e. The Morgan fingerprint density at radius 1 is 1.14 bits per heavy atom. The van der Waals surface area contributed by atoms with Crippen LogP contribution in [-0.4, -0.2) is 30.9 Å². The molecule has 0 unspecified atom stereocenters. The standard InChI is InChI=1S/C22H21F3O4/c23-22(24,25)20-12-18(8-6-16(20)7-9-21(26)27)29-13-17-10-11-28-14-19(17)15-4-2-1-3-5-15/h1-6,8,12H,7,9-11,13-14H2,(H,26,27). The number of carboxylic acids is 1. The average molecular weight is 406 g/mol. The van der Waals surface area contributed by atoms with Crippen LogP contribution in [0.1, 0.15) is 29.5 Å². The van der Waals surface area contributed by atoms with E-state index in [1.807, 2.05) is 30.3 Å². The highest BCUT2D eigenvalue weighted by Crippen LogP contribution is 2.35. The third-order valence-electron chi connectivity index (χ3n) is 4.75. The van der Waals surface area contributed by atoms with Crippen molar-refractivity contribution in [2.75, 3.05) is 19.8 Å². The molecule has 4 nitrogen and oxygen atoms in total. The molecule has 0 radical (unpaired) electrons. The minimum Gasteiger partial charge on any atom is -0.489 e. The number of aliphatic carboxylic acids is 1. The van der Waals surface area contributed by atoms with Crippen molar-refractivity contribution in [3.05, 3.63) is 70.8 Å². The second kappa shape index (κ2) is 9.13. The molecule has 0 fully saturated rings. The maximum absolute atomic E-state index is 13.4. The number of halogens is 3. The van der Waals surface area contributed by atoms with E-state index >= 15 is 0 Å². The van der Waals surface area contributed by atoms with Crippen molar-refractivity contribution in [1.82, 2.24) is 0 Å². The van der Waals surface area contributed by atoms with Gasteiger partial charge in [0.1, 0.15) is 12.4 Å². The molecule has 29 heavy (non-hydrogen) atoms. The molecule has 1 aliphatic rings. The summed E-state index contributed by atoms with van der Waals surface area (Å²) in [4.78, 5) is 10.7. The molecule has 0 bridgehead atoms. The number of rotatable bonds is 7. The van der Waals surface area contributed by atoms with Crippen LogP contribution in [-0.2, 0) is 22.1 Å². The molecule has 1 heterocycles. The van der Waals surface area contributed by atoms with Crippen LogP contribution in [0.25, 0.3) is 5.57 Å². The van der Waals surface area contributed by atoms with Crippen LogP contribution in [0.4, 0.5) is 13.2 Å². The molecule has 2 aromatic rings. The number of alkyl halides is 3. The Morgan fingerprint density at radius 3 is 2.59 bits per heavy atom. The maximum atomic E-state index is 13.4. The summed E-state index contributed by atoms with van der Waals surface area (Å²) in [6.07, 6.45) is -4.49. The largest absolute Gasteiger partial charge is 0.489 e. The molecule has 154 valence electrons. The zero-order chi connectivity index (χ0) is 20.9. The SMILES string of the molecule is O=C(O)CCc1ccc(OCC2=C(c3ccccc3)COCC2)cc1C(F)(F)F. The fourth-order valence-electron chi connectivity index (χ4n) is 3.25. The summed E-state index contributed by atoms with van der Waals surface area (Å²) in [5, 5.41) is 8.75. The highest BCUT2D eigenvalue weighted by Gasteiger charge is 2.33. The minimum atomic E-state index is -4.58. The molecule has 7 heteroatoms. The van der Waals surface area contributed by atoms with Gasteiger partial charge in [0.15, 0.2) is 0 Å². The summed E-state index contributed by atoms with van der Waals surface area (Å²) >= 11 is 0. The molecule has 3 rings (SSSR count). The topological polar surface area (TPSA) is 55.8 Å². The van der Waals surface area contributed by atoms with Crippen molar-refractivity contribution in [1.29, 1.82) is 0 Å². The van der Waals surface area contributed by atoms with Crippen LogP contribution in [0.5, 0.6) is 5.75 Å². The lowest BCUT2D eigenvalue weighted by atomic mass is 9.97. The predicted molar refractivity (Wildman–Crippen MR) is 102 cm³/mol. The van der Waals surface area contributed by atoms with E-state index in [1.54, 1.807) is 0 Å². The van der Waals surface area contributed by atoms with Crippen molar-refractivity contribution in [3.8, 4) is 5.75 Å². The number of aryl methyl sites for hydroxylation is 1. The first-order valence-corrected chi connectivity index (χ1v) is 9.23.